The average Bonchev–Trinajstić information content (AvgIpc) is 3.28. The summed E-state index contributed by atoms with van der Waals surface area (Å²) >= 11 is 0. The summed E-state index contributed by atoms with van der Waals surface area (Å²) in [5.41, 5.74) is 9.25. The lowest BCUT2D eigenvalue weighted by Gasteiger charge is -2.31. The third kappa shape index (κ3) is 2.94. The van der Waals surface area contributed by atoms with E-state index in [0.717, 1.165) is 31.4 Å². The van der Waals surface area contributed by atoms with Gasteiger partial charge in [-0.2, -0.15) is 4.98 Å². The smallest absolute Gasteiger partial charge is 0.227 e. The van der Waals surface area contributed by atoms with E-state index >= 15 is 0 Å². The molecule has 1 saturated heterocycles. The van der Waals surface area contributed by atoms with Crippen LogP contribution in [-0.4, -0.2) is 33.6 Å². The van der Waals surface area contributed by atoms with Gasteiger partial charge in [-0.25, -0.2) is 4.98 Å². The highest BCUT2D eigenvalue weighted by Crippen LogP contribution is 2.29. The van der Waals surface area contributed by atoms with Crippen LogP contribution in [0.25, 0.3) is 0 Å². The molecule has 3 aliphatic rings. The van der Waals surface area contributed by atoms with Gasteiger partial charge in [0.05, 0.1) is 0 Å². The molecule has 0 bridgehead atoms. The van der Waals surface area contributed by atoms with Crippen LogP contribution in [0.15, 0.2) is 30.7 Å². The number of hydrogen-bond acceptors (Lipinski definition) is 7. The van der Waals surface area contributed by atoms with Gasteiger partial charge in [0.25, 0.3) is 0 Å². The number of anilines is 2. The summed E-state index contributed by atoms with van der Waals surface area (Å²) < 4.78 is 0. The second-order valence-electron chi connectivity index (χ2n) is 7.29. The van der Waals surface area contributed by atoms with E-state index in [2.05, 4.69) is 37.1 Å². The average molecular weight is 337 g/mol. The van der Waals surface area contributed by atoms with Gasteiger partial charge in [-0.1, -0.05) is 0 Å². The maximum Gasteiger partial charge on any atom is 0.227 e. The van der Waals surface area contributed by atoms with E-state index in [1.165, 1.54) is 30.4 Å². The zero-order valence-electron chi connectivity index (χ0n) is 14.2. The predicted octanol–water partition coefficient (Wildman–Crippen LogP) is 1.45. The van der Waals surface area contributed by atoms with Crippen LogP contribution in [0.1, 0.15) is 30.4 Å². The van der Waals surface area contributed by atoms with Crippen molar-refractivity contribution >= 4 is 11.8 Å². The Labute approximate surface area is 147 Å². The second kappa shape index (κ2) is 6.24. The van der Waals surface area contributed by atoms with Crippen molar-refractivity contribution in [2.75, 3.05) is 16.8 Å². The highest BCUT2D eigenvalue weighted by atomic mass is 15.4. The van der Waals surface area contributed by atoms with Crippen LogP contribution in [0, 0.1) is 5.92 Å². The molecule has 3 atom stereocenters. The molecule has 2 aromatic rings. The maximum atomic E-state index is 4.77. The number of nitrogens with one attached hydrogen (secondary N) is 3. The molecule has 2 aliphatic heterocycles. The van der Waals surface area contributed by atoms with E-state index in [1.807, 2.05) is 24.7 Å². The Hall–Kier alpha value is -2.25. The number of nitrogens with zero attached hydrogens (tertiary/aromatic N) is 4. The molecular formula is C18H23N7. The number of rotatable bonds is 3. The van der Waals surface area contributed by atoms with Crippen LogP contribution in [0.3, 0.4) is 0 Å². The monoisotopic (exact) mass is 337 g/mol. The van der Waals surface area contributed by atoms with E-state index < -0.39 is 0 Å². The summed E-state index contributed by atoms with van der Waals surface area (Å²) in [5, 5.41) is 3.63. The normalized spacial score (nSPS) is 27.8. The van der Waals surface area contributed by atoms with Gasteiger partial charge < -0.3 is 10.2 Å². The van der Waals surface area contributed by atoms with Crippen molar-refractivity contribution in [3.05, 3.63) is 41.9 Å². The molecule has 2 fully saturated rings. The molecule has 0 amide bonds. The molecule has 2 aromatic heterocycles. The minimum absolute atomic E-state index is 0.491. The van der Waals surface area contributed by atoms with Crippen LogP contribution >= 0.6 is 0 Å². The molecule has 3 N–H and O–H groups in total. The number of hydrogen-bond donors (Lipinski definition) is 3. The zero-order valence-corrected chi connectivity index (χ0v) is 14.2. The topological polar surface area (TPSA) is 78.0 Å². The second-order valence-corrected chi connectivity index (χ2v) is 7.29. The Bertz CT molecular complexity index is 740. The van der Waals surface area contributed by atoms with E-state index in [9.17, 15) is 0 Å². The highest BCUT2D eigenvalue weighted by molar-refractivity contribution is 5.46. The van der Waals surface area contributed by atoms with Crippen molar-refractivity contribution < 1.29 is 0 Å². The molecule has 3 unspecified atom stereocenters. The molecule has 5 rings (SSSR count). The molecule has 7 heteroatoms. The molecule has 25 heavy (non-hydrogen) atoms. The van der Waals surface area contributed by atoms with Gasteiger partial charge in [0.1, 0.15) is 5.82 Å². The van der Waals surface area contributed by atoms with Gasteiger partial charge in [-0.15, -0.1) is 0 Å². The van der Waals surface area contributed by atoms with E-state index in [0.29, 0.717) is 18.0 Å². The predicted molar refractivity (Wildman–Crippen MR) is 95.8 cm³/mol. The summed E-state index contributed by atoms with van der Waals surface area (Å²) in [4.78, 5) is 15.7. The van der Waals surface area contributed by atoms with E-state index in [4.69, 9.17) is 4.98 Å². The molecule has 130 valence electrons. The first-order valence-corrected chi connectivity index (χ1v) is 9.10. The standard InChI is InChI=1S/C18H23N7/c1-2-16-13(9-21-24-16)7-15(1)22-17-4-6-20-18(23-17)25-10-12-3-5-19-8-14(12)11-25/h3-6,8,13,15-16,21,24H,1-2,7,9-11H2,(H,20,22,23). The van der Waals surface area contributed by atoms with Gasteiger partial charge in [0.2, 0.25) is 5.95 Å². The van der Waals surface area contributed by atoms with Crippen LogP contribution in [0.4, 0.5) is 11.8 Å². The Kier molecular flexibility index (Phi) is 3.75. The van der Waals surface area contributed by atoms with Crippen LogP contribution in [0.2, 0.25) is 0 Å². The third-order valence-corrected chi connectivity index (χ3v) is 5.64. The van der Waals surface area contributed by atoms with Gasteiger partial charge >= 0.3 is 0 Å². The molecule has 0 spiro atoms. The van der Waals surface area contributed by atoms with Crippen LogP contribution < -0.4 is 21.1 Å². The largest absolute Gasteiger partial charge is 0.367 e. The molecule has 1 saturated carbocycles. The number of hydrazine groups is 1. The van der Waals surface area contributed by atoms with E-state index in [-0.39, 0.29) is 0 Å². The van der Waals surface area contributed by atoms with Gasteiger partial charge in [-0.05, 0) is 48.4 Å². The molecular weight excluding hydrogens is 314 g/mol. The molecule has 0 radical (unpaired) electrons. The van der Waals surface area contributed by atoms with Crippen molar-refractivity contribution in [2.45, 2.75) is 44.4 Å². The summed E-state index contributed by atoms with van der Waals surface area (Å²) in [7, 11) is 0. The zero-order chi connectivity index (χ0) is 16.6. The Balaban J connectivity index is 1.28. The van der Waals surface area contributed by atoms with Crippen LogP contribution in [-0.2, 0) is 13.1 Å². The van der Waals surface area contributed by atoms with Crippen LogP contribution in [0.5, 0.6) is 0 Å². The van der Waals surface area contributed by atoms with Gasteiger partial charge in [0, 0.05) is 50.3 Å². The lowest BCUT2D eigenvalue weighted by molar-refractivity contribution is 0.314. The van der Waals surface area contributed by atoms with Crippen molar-refractivity contribution in [1.29, 1.82) is 0 Å². The first kappa shape index (κ1) is 15.0. The molecule has 4 heterocycles. The van der Waals surface area contributed by atoms with Crippen molar-refractivity contribution in [3.8, 4) is 0 Å². The third-order valence-electron chi connectivity index (χ3n) is 5.64. The van der Waals surface area contributed by atoms with Crippen molar-refractivity contribution in [2.24, 2.45) is 5.92 Å². The first-order chi connectivity index (χ1) is 12.3. The number of fused-ring (bicyclic) bond motifs is 2. The lowest BCUT2D eigenvalue weighted by atomic mass is 9.83. The first-order valence-electron chi connectivity index (χ1n) is 9.10. The highest BCUT2D eigenvalue weighted by Gasteiger charge is 2.33. The minimum Gasteiger partial charge on any atom is -0.367 e. The molecule has 1 aliphatic carbocycles. The SMILES string of the molecule is c1cc2c(cn1)CN(c1nccc(NC3CCC4NNCC4C3)n1)C2. The summed E-state index contributed by atoms with van der Waals surface area (Å²) in [6.45, 7) is 2.75. The minimum atomic E-state index is 0.491. The maximum absolute atomic E-state index is 4.77. The lowest BCUT2D eigenvalue weighted by Crippen LogP contribution is -2.39. The van der Waals surface area contributed by atoms with Crippen molar-refractivity contribution in [3.63, 3.8) is 0 Å². The Morgan fingerprint density at radius 2 is 2.08 bits per heavy atom. The Morgan fingerprint density at radius 1 is 1.12 bits per heavy atom. The Morgan fingerprint density at radius 3 is 3.04 bits per heavy atom. The number of pyridine rings is 1. The van der Waals surface area contributed by atoms with Gasteiger partial charge in [-0.3, -0.25) is 15.8 Å². The summed E-state index contributed by atoms with van der Waals surface area (Å²) in [5.74, 6) is 2.44. The summed E-state index contributed by atoms with van der Waals surface area (Å²) in [6, 6.07) is 5.19. The fraction of sp³-hybridized carbons (Fsp3) is 0.500. The van der Waals surface area contributed by atoms with Crippen molar-refractivity contribution in [1.82, 2.24) is 25.8 Å². The van der Waals surface area contributed by atoms with Gasteiger partial charge in [0.15, 0.2) is 0 Å². The van der Waals surface area contributed by atoms with E-state index in [1.54, 1.807) is 0 Å². The fourth-order valence-corrected chi connectivity index (χ4v) is 4.28. The quantitative estimate of drug-likeness (QED) is 0.782. The fourth-order valence-electron chi connectivity index (χ4n) is 4.28. The molecule has 0 aromatic carbocycles. The summed E-state index contributed by atoms with van der Waals surface area (Å²) in [6.07, 6.45) is 9.22. The molecule has 7 nitrogen and oxygen atoms in total. The number of aromatic nitrogens is 3.